The smallest absolute Gasteiger partial charge is 0.872 e. The second kappa shape index (κ2) is 13.0. The predicted molar refractivity (Wildman–Crippen MR) is 104 cm³/mol. The zero-order chi connectivity index (χ0) is 19.7. The first-order valence-electron chi connectivity index (χ1n) is 9.46. The SMILES string of the molecule is CCCCCCCCCc1cc([O-])ccc1Oc1ccccc1S(=O)(=O)O.[K+]. The van der Waals surface area contributed by atoms with E-state index in [1.54, 1.807) is 12.1 Å². The Kier molecular flexibility index (Phi) is 11.9. The summed E-state index contributed by atoms with van der Waals surface area (Å²) in [7, 11) is -4.39. The third-order valence-corrected chi connectivity index (χ3v) is 5.32. The first-order valence-corrected chi connectivity index (χ1v) is 10.9. The van der Waals surface area contributed by atoms with Crippen LogP contribution in [0, 0.1) is 0 Å². The van der Waals surface area contributed by atoms with Gasteiger partial charge in [-0.15, -0.1) is 5.75 Å². The summed E-state index contributed by atoms with van der Waals surface area (Å²) in [4.78, 5) is -0.293. The summed E-state index contributed by atoms with van der Waals surface area (Å²) in [5.74, 6) is 0.375. The molecule has 0 atom stereocenters. The number of ether oxygens (including phenoxy) is 1. The summed E-state index contributed by atoms with van der Waals surface area (Å²) in [6.07, 6.45) is 8.84. The fourth-order valence-electron chi connectivity index (χ4n) is 2.99. The molecule has 0 aromatic heterocycles. The third-order valence-electron chi connectivity index (χ3n) is 4.43. The van der Waals surface area contributed by atoms with Crippen LogP contribution >= 0.6 is 0 Å². The fraction of sp³-hybridized carbons (Fsp3) is 0.429. The summed E-state index contributed by atoms with van der Waals surface area (Å²) >= 11 is 0. The van der Waals surface area contributed by atoms with Gasteiger partial charge in [0.2, 0.25) is 0 Å². The average Bonchev–Trinajstić information content (AvgIpc) is 2.62. The maximum atomic E-state index is 11.7. The standard InChI is InChI=1S/C21H28O5S.K/c1-2-3-4-5-6-7-8-11-17-16-18(22)14-15-19(17)26-20-12-9-10-13-21(20)27(23,24)25;/h9-10,12-16,22H,2-8,11H2,1H3,(H,23,24,25);/q;+1/p-1. The second-order valence-corrected chi connectivity index (χ2v) is 8.05. The maximum Gasteiger partial charge on any atom is 1.00 e. The fourth-order valence-corrected chi connectivity index (χ4v) is 3.60. The monoisotopic (exact) mass is 430 g/mol. The van der Waals surface area contributed by atoms with Crippen molar-refractivity contribution in [2.75, 3.05) is 0 Å². The van der Waals surface area contributed by atoms with Crippen LogP contribution in [0.5, 0.6) is 17.2 Å². The molecule has 0 aliphatic carbocycles. The van der Waals surface area contributed by atoms with Crippen molar-refractivity contribution in [1.29, 1.82) is 0 Å². The summed E-state index contributed by atoms with van der Waals surface area (Å²) in [6, 6.07) is 10.4. The average molecular weight is 431 g/mol. The third kappa shape index (κ3) is 8.53. The first kappa shape index (κ1) is 25.6. The Balaban J connectivity index is 0.00000392. The van der Waals surface area contributed by atoms with Gasteiger partial charge in [0.05, 0.1) is 0 Å². The van der Waals surface area contributed by atoms with Crippen LogP contribution in [0.3, 0.4) is 0 Å². The largest absolute Gasteiger partial charge is 1.00 e. The van der Waals surface area contributed by atoms with Gasteiger partial charge >= 0.3 is 51.4 Å². The molecule has 2 aromatic rings. The molecule has 28 heavy (non-hydrogen) atoms. The quantitative estimate of drug-likeness (QED) is 0.335. The van der Waals surface area contributed by atoms with Crippen LogP contribution < -0.4 is 61.2 Å². The summed E-state index contributed by atoms with van der Waals surface area (Å²) in [5, 5.41) is 11.7. The van der Waals surface area contributed by atoms with Crippen LogP contribution in [0.15, 0.2) is 47.4 Å². The Bertz CT molecular complexity index is 836. The Morgan fingerprint density at radius 2 is 1.57 bits per heavy atom. The van der Waals surface area contributed by atoms with E-state index in [0.717, 1.165) is 18.4 Å². The zero-order valence-electron chi connectivity index (χ0n) is 16.7. The van der Waals surface area contributed by atoms with Gasteiger partial charge in [0, 0.05) is 0 Å². The first-order chi connectivity index (χ1) is 12.9. The molecular weight excluding hydrogens is 403 g/mol. The van der Waals surface area contributed by atoms with Crippen molar-refractivity contribution in [2.24, 2.45) is 0 Å². The Morgan fingerprint density at radius 3 is 2.25 bits per heavy atom. The molecule has 0 radical (unpaired) electrons. The molecule has 2 aromatic carbocycles. The molecule has 0 aliphatic heterocycles. The zero-order valence-corrected chi connectivity index (χ0v) is 20.6. The number of hydrogen-bond donors (Lipinski definition) is 1. The Morgan fingerprint density at radius 1 is 0.929 bits per heavy atom. The van der Waals surface area contributed by atoms with E-state index in [4.69, 9.17) is 4.74 Å². The van der Waals surface area contributed by atoms with Crippen molar-refractivity contribution in [2.45, 2.75) is 63.2 Å². The van der Waals surface area contributed by atoms with Crippen molar-refractivity contribution in [3.8, 4) is 17.2 Å². The van der Waals surface area contributed by atoms with Crippen LogP contribution in [-0.4, -0.2) is 13.0 Å². The molecule has 0 bridgehead atoms. The summed E-state index contributed by atoms with van der Waals surface area (Å²) in [5.41, 5.74) is 0.751. The number of rotatable bonds is 11. The minimum absolute atomic E-state index is 0. The number of hydrogen-bond acceptors (Lipinski definition) is 4. The van der Waals surface area contributed by atoms with Crippen LogP contribution in [0.2, 0.25) is 0 Å². The van der Waals surface area contributed by atoms with Gasteiger partial charge in [0.15, 0.2) is 0 Å². The van der Waals surface area contributed by atoms with E-state index >= 15 is 0 Å². The molecule has 0 heterocycles. The molecule has 0 unspecified atom stereocenters. The van der Waals surface area contributed by atoms with Crippen LogP contribution in [0.1, 0.15) is 57.4 Å². The van der Waals surface area contributed by atoms with E-state index in [2.05, 4.69) is 6.92 Å². The van der Waals surface area contributed by atoms with Gasteiger partial charge in [-0.1, -0.05) is 69.7 Å². The number of benzene rings is 2. The molecule has 0 amide bonds. The van der Waals surface area contributed by atoms with Gasteiger partial charge in [-0.25, -0.2) is 0 Å². The minimum Gasteiger partial charge on any atom is -0.872 e. The van der Waals surface area contributed by atoms with E-state index in [0.29, 0.717) is 12.2 Å². The molecule has 5 nitrogen and oxygen atoms in total. The number of aryl methyl sites for hydroxylation is 1. The van der Waals surface area contributed by atoms with Gasteiger partial charge in [-0.2, -0.15) is 8.42 Å². The Hall–Kier alpha value is -0.414. The minimum atomic E-state index is -4.39. The van der Waals surface area contributed by atoms with Crippen molar-refractivity contribution in [3.05, 3.63) is 48.0 Å². The molecule has 0 spiro atoms. The van der Waals surface area contributed by atoms with E-state index in [1.165, 1.54) is 62.4 Å². The molecule has 0 saturated heterocycles. The van der Waals surface area contributed by atoms with Crippen molar-refractivity contribution in [1.82, 2.24) is 0 Å². The van der Waals surface area contributed by atoms with Gasteiger partial charge in [-0.05, 0) is 36.6 Å². The number of para-hydroxylation sites is 1. The molecule has 148 valence electrons. The summed E-state index contributed by atoms with van der Waals surface area (Å²) < 4.78 is 38.2. The van der Waals surface area contributed by atoms with Crippen LogP contribution in [-0.2, 0) is 16.5 Å². The molecule has 0 saturated carbocycles. The van der Waals surface area contributed by atoms with Crippen molar-refractivity contribution in [3.63, 3.8) is 0 Å². The van der Waals surface area contributed by atoms with E-state index < -0.39 is 10.1 Å². The molecule has 2 rings (SSSR count). The van der Waals surface area contributed by atoms with Crippen molar-refractivity contribution < 1.29 is 74.2 Å². The van der Waals surface area contributed by atoms with E-state index in [1.807, 2.05) is 0 Å². The van der Waals surface area contributed by atoms with Gasteiger partial charge in [0.1, 0.15) is 16.4 Å². The van der Waals surface area contributed by atoms with Crippen molar-refractivity contribution >= 4 is 10.1 Å². The molecule has 1 N–H and O–H groups in total. The van der Waals surface area contributed by atoms with Crippen LogP contribution in [0.4, 0.5) is 0 Å². The summed E-state index contributed by atoms with van der Waals surface area (Å²) in [6.45, 7) is 2.19. The normalized spacial score (nSPS) is 11.1. The van der Waals surface area contributed by atoms with E-state index in [-0.39, 0.29) is 67.8 Å². The molecule has 7 heteroatoms. The van der Waals surface area contributed by atoms with Gasteiger partial charge < -0.3 is 9.84 Å². The molecular formula is C21H27KO5S. The van der Waals surface area contributed by atoms with Crippen LogP contribution in [0.25, 0.3) is 0 Å². The molecule has 0 aliphatic rings. The second-order valence-electron chi connectivity index (χ2n) is 6.66. The molecule has 0 fully saturated rings. The predicted octanol–water partition coefficient (Wildman–Crippen LogP) is 2.10. The van der Waals surface area contributed by atoms with Gasteiger partial charge in [-0.3, -0.25) is 4.55 Å². The van der Waals surface area contributed by atoms with Gasteiger partial charge in [0.25, 0.3) is 10.1 Å². The maximum absolute atomic E-state index is 11.7. The topological polar surface area (TPSA) is 86.7 Å². The van der Waals surface area contributed by atoms with E-state index in [9.17, 15) is 18.1 Å². The Labute approximate surface area is 210 Å². The number of unbranched alkanes of at least 4 members (excludes halogenated alkanes) is 6.